The molecule has 0 fully saturated rings. The lowest BCUT2D eigenvalue weighted by molar-refractivity contribution is -0.122. The standard InChI is InChI=1S/C29H28ClN5O4S2/c1-39-24-12-6-11-23-27(24)28(34-41(37,38)26-14-13-25(30)40-26)33-35(23)18-21-10-5-9-20(15-21)17-32-29(36)22(31)16-19-7-3-2-4-8-19/h2-15,22H,16-18,31H2,1H3,(H,32,36)(H,33,34)/t22-/m0/s1. The molecule has 4 N–H and O–H groups in total. The Morgan fingerprint density at radius 3 is 2.49 bits per heavy atom. The number of nitrogens with one attached hydrogen (secondary N) is 2. The molecule has 0 saturated carbocycles. The molecule has 2 aromatic heterocycles. The van der Waals surface area contributed by atoms with Crippen LogP contribution in [0.15, 0.2) is 89.1 Å². The second-order valence-electron chi connectivity index (χ2n) is 9.36. The van der Waals surface area contributed by atoms with Gasteiger partial charge in [0.15, 0.2) is 5.82 Å². The number of hydrogen-bond donors (Lipinski definition) is 3. The summed E-state index contributed by atoms with van der Waals surface area (Å²) in [5, 5.41) is 8.06. The fraction of sp³-hybridized carbons (Fsp3) is 0.172. The van der Waals surface area contributed by atoms with E-state index in [0.29, 0.717) is 40.5 Å². The lowest BCUT2D eigenvalue weighted by Crippen LogP contribution is -2.41. The van der Waals surface area contributed by atoms with Crippen LogP contribution in [0.5, 0.6) is 5.75 Å². The van der Waals surface area contributed by atoms with Gasteiger partial charge in [0.1, 0.15) is 9.96 Å². The number of fused-ring (bicyclic) bond motifs is 1. The number of amides is 1. The number of aromatic nitrogens is 2. The maximum atomic E-state index is 13.1. The minimum absolute atomic E-state index is 0.0818. The molecule has 0 aliphatic rings. The van der Waals surface area contributed by atoms with Gasteiger partial charge < -0.3 is 15.8 Å². The van der Waals surface area contributed by atoms with Gasteiger partial charge >= 0.3 is 0 Å². The van der Waals surface area contributed by atoms with Gasteiger partial charge in [-0.05, 0) is 47.4 Å². The lowest BCUT2D eigenvalue weighted by atomic mass is 10.1. The maximum absolute atomic E-state index is 13.1. The minimum atomic E-state index is -3.92. The van der Waals surface area contributed by atoms with E-state index in [9.17, 15) is 13.2 Å². The van der Waals surface area contributed by atoms with Crippen LogP contribution in [0.25, 0.3) is 10.9 Å². The molecule has 0 radical (unpaired) electrons. The van der Waals surface area contributed by atoms with Crippen molar-refractivity contribution >= 4 is 55.6 Å². The summed E-state index contributed by atoms with van der Waals surface area (Å²) in [7, 11) is -2.39. The highest BCUT2D eigenvalue weighted by Gasteiger charge is 2.23. The van der Waals surface area contributed by atoms with Crippen LogP contribution >= 0.6 is 22.9 Å². The van der Waals surface area contributed by atoms with Crippen molar-refractivity contribution in [1.29, 1.82) is 0 Å². The Bertz CT molecular complexity index is 1790. The van der Waals surface area contributed by atoms with Crippen molar-refractivity contribution in [2.45, 2.75) is 29.8 Å². The number of methoxy groups -OCH3 is 1. The fourth-order valence-corrected chi connectivity index (χ4v) is 6.96. The van der Waals surface area contributed by atoms with Crippen LogP contribution < -0.4 is 20.5 Å². The number of hydrogen-bond acceptors (Lipinski definition) is 7. The zero-order valence-corrected chi connectivity index (χ0v) is 24.5. The van der Waals surface area contributed by atoms with Crippen LogP contribution in [0.3, 0.4) is 0 Å². The summed E-state index contributed by atoms with van der Waals surface area (Å²) in [5.74, 6) is 0.408. The maximum Gasteiger partial charge on any atom is 0.272 e. The summed E-state index contributed by atoms with van der Waals surface area (Å²) < 4.78 is 36.4. The van der Waals surface area contributed by atoms with E-state index in [1.165, 1.54) is 19.2 Å². The normalized spacial score (nSPS) is 12.3. The van der Waals surface area contributed by atoms with Crippen LogP contribution in [0.4, 0.5) is 5.82 Å². The topological polar surface area (TPSA) is 128 Å². The molecular weight excluding hydrogens is 582 g/mol. The number of rotatable bonds is 11. The van der Waals surface area contributed by atoms with E-state index in [-0.39, 0.29) is 15.9 Å². The van der Waals surface area contributed by atoms with Crippen LogP contribution in [0, 0.1) is 0 Å². The molecule has 5 aromatic rings. The molecule has 0 saturated heterocycles. The molecule has 1 amide bonds. The van der Waals surface area contributed by atoms with Gasteiger partial charge in [-0.1, -0.05) is 72.3 Å². The number of thiophene rings is 1. The molecule has 1 atom stereocenters. The smallest absolute Gasteiger partial charge is 0.272 e. The average Bonchev–Trinajstić information content (AvgIpc) is 3.56. The van der Waals surface area contributed by atoms with E-state index in [1.807, 2.05) is 66.7 Å². The quantitative estimate of drug-likeness (QED) is 0.197. The SMILES string of the molecule is COc1cccc2c1c(NS(=O)(=O)c1ccc(Cl)s1)nn2Cc1cccc(CNC(=O)[C@@H](N)Cc2ccccc2)c1. The number of carbonyl (C=O) groups excluding carboxylic acids is 1. The van der Waals surface area contributed by atoms with E-state index in [0.717, 1.165) is 28.0 Å². The number of nitrogens with two attached hydrogens (primary N) is 1. The lowest BCUT2D eigenvalue weighted by Gasteiger charge is -2.13. The second-order valence-corrected chi connectivity index (χ2v) is 13.0. The first-order chi connectivity index (χ1) is 19.7. The summed E-state index contributed by atoms with van der Waals surface area (Å²) >= 11 is 6.92. The predicted octanol–water partition coefficient (Wildman–Crippen LogP) is 4.80. The minimum Gasteiger partial charge on any atom is -0.496 e. The van der Waals surface area contributed by atoms with Crippen molar-refractivity contribution in [2.24, 2.45) is 5.73 Å². The van der Waals surface area contributed by atoms with Crippen molar-refractivity contribution < 1.29 is 17.9 Å². The van der Waals surface area contributed by atoms with Crippen molar-refractivity contribution in [2.75, 3.05) is 11.8 Å². The highest BCUT2D eigenvalue weighted by Crippen LogP contribution is 2.35. The van der Waals surface area contributed by atoms with Gasteiger partial charge in [0.25, 0.3) is 10.0 Å². The van der Waals surface area contributed by atoms with Crippen molar-refractivity contribution in [3.05, 3.63) is 106 Å². The first-order valence-corrected chi connectivity index (χ1v) is 15.4. The summed E-state index contributed by atoms with van der Waals surface area (Å²) in [4.78, 5) is 12.6. The summed E-state index contributed by atoms with van der Waals surface area (Å²) in [6.07, 6.45) is 0.453. The molecular formula is C29H28ClN5O4S2. The van der Waals surface area contributed by atoms with Crippen LogP contribution in [-0.4, -0.2) is 37.3 Å². The molecule has 5 rings (SSSR count). The Labute approximate surface area is 247 Å². The molecule has 9 nitrogen and oxygen atoms in total. The van der Waals surface area contributed by atoms with Gasteiger partial charge in [-0.2, -0.15) is 5.10 Å². The summed E-state index contributed by atoms with van der Waals surface area (Å²) in [6.45, 7) is 0.669. The largest absolute Gasteiger partial charge is 0.496 e. The zero-order valence-electron chi connectivity index (χ0n) is 22.1. The number of ether oxygens (including phenoxy) is 1. The molecule has 12 heteroatoms. The van der Waals surface area contributed by atoms with E-state index in [1.54, 1.807) is 10.7 Å². The Hall–Kier alpha value is -3.90. The number of nitrogens with zero attached hydrogens (tertiary/aromatic N) is 2. The molecule has 41 heavy (non-hydrogen) atoms. The Morgan fingerprint density at radius 2 is 1.76 bits per heavy atom. The molecule has 0 aliphatic carbocycles. The van der Waals surface area contributed by atoms with Gasteiger partial charge in [-0.15, -0.1) is 11.3 Å². The van der Waals surface area contributed by atoms with Crippen molar-refractivity contribution in [3.63, 3.8) is 0 Å². The molecule has 0 spiro atoms. The summed E-state index contributed by atoms with van der Waals surface area (Å²) in [5.41, 5.74) is 9.62. The van der Waals surface area contributed by atoms with E-state index < -0.39 is 16.1 Å². The Kier molecular flexibility index (Phi) is 8.60. The molecule has 2 heterocycles. The van der Waals surface area contributed by atoms with Gasteiger partial charge in [0, 0.05) is 6.54 Å². The number of sulfonamides is 1. The zero-order chi connectivity index (χ0) is 29.0. The Balaban J connectivity index is 1.34. The second kappa shape index (κ2) is 12.3. The molecule has 3 aromatic carbocycles. The fourth-order valence-electron chi connectivity index (χ4n) is 4.47. The first kappa shape index (κ1) is 28.6. The van der Waals surface area contributed by atoms with Crippen LogP contribution in [0.1, 0.15) is 16.7 Å². The average molecular weight is 610 g/mol. The molecule has 0 aliphatic heterocycles. The van der Waals surface area contributed by atoms with Crippen molar-refractivity contribution in [1.82, 2.24) is 15.1 Å². The van der Waals surface area contributed by atoms with Crippen LogP contribution in [0.2, 0.25) is 4.34 Å². The first-order valence-electron chi connectivity index (χ1n) is 12.7. The third-order valence-electron chi connectivity index (χ3n) is 6.43. The summed E-state index contributed by atoms with van der Waals surface area (Å²) in [6, 6.07) is 25.1. The number of anilines is 1. The van der Waals surface area contributed by atoms with Gasteiger partial charge in [0.2, 0.25) is 5.91 Å². The van der Waals surface area contributed by atoms with Crippen molar-refractivity contribution in [3.8, 4) is 5.75 Å². The third kappa shape index (κ3) is 6.71. The molecule has 0 unspecified atom stereocenters. The van der Waals surface area contributed by atoms with E-state index >= 15 is 0 Å². The number of carbonyl (C=O) groups is 1. The Morgan fingerprint density at radius 1 is 1.02 bits per heavy atom. The number of halogens is 1. The monoisotopic (exact) mass is 609 g/mol. The molecule has 0 bridgehead atoms. The highest BCUT2D eigenvalue weighted by molar-refractivity contribution is 7.94. The van der Waals surface area contributed by atoms with Crippen LogP contribution in [-0.2, 0) is 34.3 Å². The van der Waals surface area contributed by atoms with E-state index in [4.69, 9.17) is 22.1 Å². The molecule has 212 valence electrons. The van der Waals surface area contributed by atoms with E-state index in [2.05, 4.69) is 15.1 Å². The third-order valence-corrected chi connectivity index (χ3v) is 9.49. The number of benzene rings is 3. The van der Waals surface area contributed by atoms with Gasteiger partial charge in [-0.3, -0.25) is 14.2 Å². The van der Waals surface area contributed by atoms with Gasteiger partial charge in [-0.25, -0.2) is 8.42 Å². The van der Waals surface area contributed by atoms with Gasteiger partial charge in [0.05, 0.1) is 34.9 Å². The predicted molar refractivity (Wildman–Crippen MR) is 162 cm³/mol. The highest BCUT2D eigenvalue weighted by atomic mass is 35.5.